The number of para-hydroxylation sites is 1. The third-order valence-electron chi connectivity index (χ3n) is 4.84. The first-order valence-corrected chi connectivity index (χ1v) is 8.28. The Morgan fingerprint density at radius 2 is 1.96 bits per heavy atom. The summed E-state index contributed by atoms with van der Waals surface area (Å²) in [6, 6.07) is 17.4. The van der Waals surface area contributed by atoms with Gasteiger partial charge in [0.05, 0.1) is 17.0 Å². The van der Waals surface area contributed by atoms with Crippen LogP contribution in [0.3, 0.4) is 0 Å². The van der Waals surface area contributed by atoms with Gasteiger partial charge in [0.1, 0.15) is 17.4 Å². The molecule has 0 saturated carbocycles. The molecule has 4 rings (SSSR count). The Labute approximate surface area is 150 Å². The second-order valence-electron chi connectivity index (χ2n) is 6.46. The van der Waals surface area contributed by atoms with Crippen LogP contribution in [0.25, 0.3) is 10.9 Å². The van der Waals surface area contributed by atoms with Crippen molar-refractivity contribution in [3.05, 3.63) is 87.0 Å². The summed E-state index contributed by atoms with van der Waals surface area (Å²) >= 11 is 0. The second kappa shape index (κ2) is 5.78. The van der Waals surface area contributed by atoms with Gasteiger partial charge in [0.2, 0.25) is 5.88 Å². The van der Waals surface area contributed by atoms with Crippen molar-refractivity contribution in [2.45, 2.75) is 12.8 Å². The minimum atomic E-state index is -0.549. The van der Waals surface area contributed by atoms with Gasteiger partial charge in [0, 0.05) is 12.4 Å². The molecule has 0 saturated heterocycles. The summed E-state index contributed by atoms with van der Waals surface area (Å²) in [5.41, 5.74) is 9.24. The lowest BCUT2D eigenvalue weighted by atomic mass is 9.83. The van der Waals surface area contributed by atoms with E-state index >= 15 is 0 Å². The van der Waals surface area contributed by atoms with Gasteiger partial charge in [-0.1, -0.05) is 42.0 Å². The van der Waals surface area contributed by atoms with Gasteiger partial charge in [-0.3, -0.25) is 4.79 Å². The van der Waals surface area contributed by atoms with Crippen LogP contribution in [0, 0.1) is 18.3 Å². The van der Waals surface area contributed by atoms with E-state index in [1.54, 1.807) is 11.6 Å². The number of fused-ring (bicyclic) bond motifs is 3. The maximum Gasteiger partial charge on any atom is 0.258 e. The van der Waals surface area contributed by atoms with Gasteiger partial charge in [-0.2, -0.15) is 5.26 Å². The van der Waals surface area contributed by atoms with E-state index in [9.17, 15) is 10.1 Å². The van der Waals surface area contributed by atoms with Gasteiger partial charge >= 0.3 is 0 Å². The van der Waals surface area contributed by atoms with E-state index in [-0.39, 0.29) is 17.0 Å². The van der Waals surface area contributed by atoms with Crippen molar-refractivity contribution >= 4 is 10.9 Å². The maximum absolute atomic E-state index is 13.2. The smallest absolute Gasteiger partial charge is 0.258 e. The van der Waals surface area contributed by atoms with Gasteiger partial charge in [0.15, 0.2) is 0 Å². The Bertz CT molecular complexity index is 1180. The summed E-state index contributed by atoms with van der Waals surface area (Å²) in [6.45, 7) is 1.97. The molecule has 2 heterocycles. The van der Waals surface area contributed by atoms with E-state index in [1.165, 1.54) is 0 Å². The number of aromatic nitrogens is 1. The molecule has 1 aliphatic heterocycles. The Kier molecular flexibility index (Phi) is 3.55. The third kappa shape index (κ3) is 2.20. The molecule has 5 nitrogen and oxygen atoms in total. The zero-order valence-corrected chi connectivity index (χ0v) is 14.5. The lowest BCUT2D eigenvalue weighted by Crippen LogP contribution is -2.31. The van der Waals surface area contributed by atoms with Crippen molar-refractivity contribution in [2.75, 3.05) is 0 Å². The predicted octanol–water partition coefficient (Wildman–Crippen LogP) is 3.07. The normalized spacial score (nSPS) is 16.1. The SMILES string of the molecule is Cc1cccc(C2C(C#N)=C(N)Oc3c2c(=O)n(C)c2ccccc32)c1. The lowest BCUT2D eigenvalue weighted by Gasteiger charge is -2.27. The van der Waals surface area contributed by atoms with Gasteiger partial charge in [-0.25, -0.2) is 0 Å². The van der Waals surface area contributed by atoms with E-state index in [4.69, 9.17) is 10.5 Å². The van der Waals surface area contributed by atoms with Gasteiger partial charge < -0.3 is 15.0 Å². The molecule has 26 heavy (non-hydrogen) atoms. The molecule has 3 aromatic rings. The third-order valence-corrected chi connectivity index (χ3v) is 4.84. The van der Waals surface area contributed by atoms with Crippen LogP contribution in [0.1, 0.15) is 22.6 Å². The summed E-state index contributed by atoms with van der Waals surface area (Å²) in [5, 5.41) is 10.5. The number of hydrogen-bond donors (Lipinski definition) is 1. The number of rotatable bonds is 1. The Morgan fingerprint density at radius 3 is 2.69 bits per heavy atom. The second-order valence-corrected chi connectivity index (χ2v) is 6.46. The van der Waals surface area contributed by atoms with Crippen molar-refractivity contribution in [2.24, 2.45) is 12.8 Å². The molecule has 128 valence electrons. The van der Waals surface area contributed by atoms with Crippen molar-refractivity contribution in [1.82, 2.24) is 4.57 Å². The highest BCUT2D eigenvalue weighted by Gasteiger charge is 2.35. The van der Waals surface area contributed by atoms with E-state index in [0.717, 1.165) is 22.0 Å². The highest BCUT2D eigenvalue weighted by Crippen LogP contribution is 2.43. The molecule has 5 heteroatoms. The fourth-order valence-electron chi connectivity index (χ4n) is 3.61. The van der Waals surface area contributed by atoms with E-state index in [1.807, 2.05) is 55.5 Å². The van der Waals surface area contributed by atoms with Crippen molar-refractivity contribution in [1.29, 1.82) is 5.26 Å². The molecule has 1 aromatic heterocycles. The number of nitrogens with zero attached hydrogens (tertiary/aromatic N) is 2. The minimum Gasteiger partial charge on any atom is -0.439 e. The standard InChI is InChI=1S/C21H17N3O2/c1-12-6-5-7-13(10-12)17-15(11-22)20(23)26-19-14-8-3-4-9-16(14)24(2)21(25)18(17)19/h3-10,17H,23H2,1-2H3. The zero-order chi connectivity index (χ0) is 18.4. The molecular weight excluding hydrogens is 326 g/mol. The Balaban J connectivity index is 2.14. The molecule has 0 amide bonds. The number of nitriles is 1. The minimum absolute atomic E-state index is 0.0462. The number of hydrogen-bond acceptors (Lipinski definition) is 4. The highest BCUT2D eigenvalue weighted by atomic mass is 16.5. The lowest BCUT2D eigenvalue weighted by molar-refractivity contribution is 0.396. The molecule has 0 spiro atoms. The quantitative estimate of drug-likeness (QED) is 0.736. The van der Waals surface area contributed by atoms with Gasteiger partial charge in [0.25, 0.3) is 5.56 Å². The van der Waals surface area contributed by atoms with Crippen LogP contribution < -0.4 is 16.0 Å². The van der Waals surface area contributed by atoms with Crippen molar-refractivity contribution in [3.63, 3.8) is 0 Å². The highest BCUT2D eigenvalue weighted by molar-refractivity contribution is 5.88. The number of ether oxygens (including phenoxy) is 1. The number of allylic oxidation sites excluding steroid dienone is 1. The molecule has 0 radical (unpaired) electrons. The van der Waals surface area contributed by atoms with Crippen LogP contribution >= 0.6 is 0 Å². The maximum atomic E-state index is 13.2. The zero-order valence-electron chi connectivity index (χ0n) is 14.5. The Hall–Kier alpha value is -3.52. The molecule has 1 aliphatic rings. The number of nitrogens with two attached hydrogens (primary N) is 1. The molecule has 0 aliphatic carbocycles. The summed E-state index contributed by atoms with van der Waals surface area (Å²) in [7, 11) is 1.73. The molecule has 2 N–H and O–H groups in total. The molecule has 1 atom stereocenters. The molecule has 1 unspecified atom stereocenters. The van der Waals surface area contributed by atoms with E-state index < -0.39 is 5.92 Å². The monoisotopic (exact) mass is 343 g/mol. The summed E-state index contributed by atoms with van der Waals surface area (Å²) in [4.78, 5) is 13.2. The number of aryl methyl sites for hydroxylation is 2. The summed E-state index contributed by atoms with van der Waals surface area (Å²) in [6.07, 6.45) is 0. The topological polar surface area (TPSA) is 81.0 Å². The van der Waals surface area contributed by atoms with Crippen LogP contribution in [0.15, 0.2) is 64.8 Å². The fourth-order valence-corrected chi connectivity index (χ4v) is 3.61. The van der Waals surface area contributed by atoms with Gasteiger partial charge in [-0.15, -0.1) is 0 Å². The largest absolute Gasteiger partial charge is 0.439 e. The van der Waals surface area contributed by atoms with E-state index in [0.29, 0.717) is 11.3 Å². The van der Waals surface area contributed by atoms with Crippen LogP contribution in [0.2, 0.25) is 0 Å². The first kappa shape index (κ1) is 16.0. The van der Waals surface area contributed by atoms with Crippen molar-refractivity contribution in [3.8, 4) is 11.8 Å². The van der Waals surface area contributed by atoms with Crippen LogP contribution in [0.5, 0.6) is 5.75 Å². The summed E-state index contributed by atoms with van der Waals surface area (Å²) < 4.78 is 7.38. The predicted molar refractivity (Wildman–Crippen MR) is 99.7 cm³/mol. The number of pyridine rings is 1. The Morgan fingerprint density at radius 1 is 1.19 bits per heavy atom. The van der Waals surface area contributed by atoms with Gasteiger partial charge in [-0.05, 0) is 24.6 Å². The van der Waals surface area contributed by atoms with Crippen molar-refractivity contribution < 1.29 is 4.74 Å². The average Bonchev–Trinajstić information content (AvgIpc) is 2.65. The van der Waals surface area contributed by atoms with Crippen LogP contribution in [-0.2, 0) is 7.05 Å². The first-order valence-electron chi connectivity index (χ1n) is 8.28. The first-order chi connectivity index (χ1) is 12.5. The van der Waals surface area contributed by atoms with Crippen LogP contribution in [-0.4, -0.2) is 4.57 Å². The average molecular weight is 343 g/mol. The van der Waals surface area contributed by atoms with E-state index in [2.05, 4.69) is 6.07 Å². The van der Waals surface area contributed by atoms with Crippen LogP contribution in [0.4, 0.5) is 0 Å². The molecule has 2 aromatic carbocycles. The molecule has 0 bridgehead atoms. The molecular formula is C21H17N3O2. The summed E-state index contributed by atoms with van der Waals surface area (Å²) in [5.74, 6) is -0.0661. The fraction of sp³-hybridized carbons (Fsp3) is 0.143. The molecule has 0 fully saturated rings. The number of benzene rings is 2.